The lowest BCUT2D eigenvalue weighted by Gasteiger charge is -1.93. The molecule has 0 heterocycles. The van der Waals surface area contributed by atoms with Crippen molar-refractivity contribution in [1.82, 2.24) is 0 Å². The Hall–Kier alpha value is -0.780. The molecule has 0 nitrogen and oxygen atoms in total. The van der Waals surface area contributed by atoms with E-state index in [-0.39, 0.29) is 0 Å². The van der Waals surface area contributed by atoms with Crippen molar-refractivity contribution in [3.8, 4) is 0 Å². The Bertz CT molecular complexity index is 172. The predicted molar refractivity (Wildman–Crippen MR) is 54.8 cm³/mol. The lowest BCUT2D eigenvalue weighted by Crippen LogP contribution is -1.75. The molecular weight excluding hydrogens is 144 g/mol. The van der Waals surface area contributed by atoms with E-state index in [1.807, 2.05) is 0 Å². The molecule has 0 aromatic carbocycles. The van der Waals surface area contributed by atoms with Crippen LogP contribution in [0.15, 0.2) is 36.5 Å². The molecule has 0 aromatic rings. The van der Waals surface area contributed by atoms with Crippen LogP contribution in [0.25, 0.3) is 0 Å². The summed E-state index contributed by atoms with van der Waals surface area (Å²) in [6.07, 6.45) is 21.5. The van der Waals surface area contributed by atoms with Crippen LogP contribution >= 0.6 is 0 Å². The Morgan fingerprint density at radius 1 is 0.583 bits per heavy atom. The highest BCUT2D eigenvalue weighted by Gasteiger charge is 1.84. The standard InChI is InChI=1S/C12H17/c1-2-4-6-8-10-12-11-9-7-5-3-1/h1-4,9-11H,5-8,12H2/b3-1+,4-2-,11-9+. The van der Waals surface area contributed by atoms with Crippen LogP contribution in [0, 0.1) is 6.42 Å². The van der Waals surface area contributed by atoms with Crippen LogP contribution in [-0.2, 0) is 0 Å². The van der Waals surface area contributed by atoms with Crippen molar-refractivity contribution in [2.45, 2.75) is 32.1 Å². The first-order valence-electron chi connectivity index (χ1n) is 4.78. The third kappa shape index (κ3) is 4.95. The monoisotopic (exact) mass is 161 g/mol. The molecule has 12 heavy (non-hydrogen) atoms. The second-order valence-corrected chi connectivity index (χ2v) is 3.01. The Balaban J connectivity index is 2.31. The molecule has 1 rings (SSSR count). The lowest BCUT2D eigenvalue weighted by atomic mass is 10.1. The van der Waals surface area contributed by atoms with Gasteiger partial charge in [-0.25, -0.2) is 0 Å². The second-order valence-electron chi connectivity index (χ2n) is 3.01. The van der Waals surface area contributed by atoms with Gasteiger partial charge in [0.25, 0.3) is 0 Å². The second kappa shape index (κ2) is 6.90. The topological polar surface area (TPSA) is 0 Å². The summed E-state index contributed by atoms with van der Waals surface area (Å²) in [6, 6.07) is 0. The summed E-state index contributed by atoms with van der Waals surface area (Å²) in [5, 5.41) is 0. The first-order valence-corrected chi connectivity index (χ1v) is 4.78. The van der Waals surface area contributed by atoms with Gasteiger partial charge in [-0.2, -0.15) is 0 Å². The summed E-state index contributed by atoms with van der Waals surface area (Å²) in [5.41, 5.74) is 0. The molecular formula is C12H17. The smallest absolute Gasteiger partial charge is 0.0313 e. The van der Waals surface area contributed by atoms with Gasteiger partial charge in [0, 0.05) is 0 Å². The van der Waals surface area contributed by atoms with E-state index in [4.69, 9.17) is 0 Å². The maximum atomic E-state index is 2.34. The maximum absolute atomic E-state index is 2.34. The summed E-state index contributed by atoms with van der Waals surface area (Å²) in [4.78, 5) is 0. The minimum atomic E-state index is 1.14. The quantitative estimate of drug-likeness (QED) is 0.474. The van der Waals surface area contributed by atoms with Crippen LogP contribution in [0.5, 0.6) is 0 Å². The van der Waals surface area contributed by atoms with Crippen molar-refractivity contribution in [1.29, 1.82) is 0 Å². The largest absolute Gasteiger partial charge is 0.0882 e. The summed E-state index contributed by atoms with van der Waals surface area (Å²) in [7, 11) is 0. The highest BCUT2D eigenvalue weighted by Crippen LogP contribution is 2.03. The molecule has 1 radical (unpaired) electrons. The predicted octanol–water partition coefficient (Wildman–Crippen LogP) is 3.82. The molecule has 0 spiro atoms. The van der Waals surface area contributed by atoms with Crippen LogP contribution in [-0.4, -0.2) is 0 Å². The minimum Gasteiger partial charge on any atom is -0.0882 e. The van der Waals surface area contributed by atoms with Gasteiger partial charge in [0.15, 0.2) is 0 Å². The van der Waals surface area contributed by atoms with Gasteiger partial charge in [0.2, 0.25) is 0 Å². The van der Waals surface area contributed by atoms with Crippen molar-refractivity contribution >= 4 is 0 Å². The van der Waals surface area contributed by atoms with E-state index in [0.29, 0.717) is 0 Å². The van der Waals surface area contributed by atoms with Crippen molar-refractivity contribution in [2.75, 3.05) is 0 Å². The van der Waals surface area contributed by atoms with Gasteiger partial charge in [-0.15, -0.1) is 0 Å². The normalized spacial score (nSPS) is 28.0. The lowest BCUT2D eigenvalue weighted by molar-refractivity contribution is 0.926. The number of allylic oxidation sites excluding steroid dienone is 6. The summed E-state index contributed by atoms with van der Waals surface area (Å²) in [5.74, 6) is 0. The van der Waals surface area contributed by atoms with Crippen LogP contribution in [0.1, 0.15) is 32.1 Å². The summed E-state index contributed by atoms with van der Waals surface area (Å²) < 4.78 is 0. The van der Waals surface area contributed by atoms with E-state index in [1.165, 1.54) is 25.7 Å². The van der Waals surface area contributed by atoms with Gasteiger partial charge in [0.1, 0.15) is 0 Å². The molecule has 0 heteroatoms. The first-order chi connectivity index (χ1) is 6.00. The Kier molecular flexibility index (Phi) is 5.35. The highest BCUT2D eigenvalue weighted by atomic mass is 13.9. The maximum Gasteiger partial charge on any atom is -0.0313 e. The zero-order chi connectivity index (χ0) is 8.49. The van der Waals surface area contributed by atoms with Crippen LogP contribution in [0.2, 0.25) is 0 Å². The van der Waals surface area contributed by atoms with Crippen LogP contribution in [0.4, 0.5) is 0 Å². The number of hydrogen-bond acceptors (Lipinski definition) is 0. The molecule has 0 aliphatic heterocycles. The fraction of sp³-hybridized carbons (Fsp3) is 0.417. The van der Waals surface area contributed by atoms with Crippen LogP contribution in [0.3, 0.4) is 0 Å². The number of hydrogen-bond donors (Lipinski definition) is 0. The molecule has 1 aliphatic carbocycles. The van der Waals surface area contributed by atoms with Crippen molar-refractivity contribution < 1.29 is 0 Å². The van der Waals surface area contributed by atoms with Gasteiger partial charge >= 0.3 is 0 Å². The zero-order valence-corrected chi connectivity index (χ0v) is 7.58. The molecule has 0 amide bonds. The van der Waals surface area contributed by atoms with Gasteiger partial charge in [-0.05, 0) is 38.5 Å². The third-order valence-corrected chi connectivity index (χ3v) is 1.89. The molecule has 0 atom stereocenters. The molecule has 0 aromatic heterocycles. The Morgan fingerprint density at radius 2 is 1.25 bits per heavy atom. The fourth-order valence-corrected chi connectivity index (χ4v) is 1.18. The van der Waals surface area contributed by atoms with E-state index in [0.717, 1.165) is 6.42 Å². The molecule has 0 fully saturated rings. The highest BCUT2D eigenvalue weighted by molar-refractivity contribution is 5.04. The van der Waals surface area contributed by atoms with Crippen LogP contribution < -0.4 is 0 Å². The average Bonchev–Trinajstić information content (AvgIpc) is 2.05. The Labute approximate surface area is 75.7 Å². The first kappa shape index (κ1) is 9.31. The van der Waals surface area contributed by atoms with E-state index in [9.17, 15) is 0 Å². The molecule has 0 saturated carbocycles. The van der Waals surface area contributed by atoms with Gasteiger partial charge in [-0.1, -0.05) is 36.5 Å². The molecule has 0 saturated heterocycles. The summed E-state index contributed by atoms with van der Waals surface area (Å²) in [6.45, 7) is 0. The van der Waals surface area contributed by atoms with Crippen molar-refractivity contribution in [2.24, 2.45) is 0 Å². The SMILES string of the molecule is [CH]1C/C=C/CC/C=C/C=C\CC1. The molecule has 1 aliphatic rings. The fourth-order valence-electron chi connectivity index (χ4n) is 1.18. The molecule has 0 N–H and O–H groups in total. The Morgan fingerprint density at radius 3 is 2.08 bits per heavy atom. The van der Waals surface area contributed by atoms with E-state index >= 15 is 0 Å². The van der Waals surface area contributed by atoms with Gasteiger partial charge in [0.05, 0.1) is 0 Å². The van der Waals surface area contributed by atoms with Gasteiger partial charge in [-0.3, -0.25) is 0 Å². The van der Waals surface area contributed by atoms with Crippen molar-refractivity contribution in [3.05, 3.63) is 42.9 Å². The summed E-state index contributed by atoms with van der Waals surface area (Å²) >= 11 is 0. The molecule has 0 bridgehead atoms. The van der Waals surface area contributed by atoms with Crippen molar-refractivity contribution in [3.63, 3.8) is 0 Å². The van der Waals surface area contributed by atoms with E-state index in [1.54, 1.807) is 0 Å². The number of rotatable bonds is 0. The third-order valence-electron chi connectivity index (χ3n) is 1.89. The molecule has 65 valence electrons. The average molecular weight is 161 g/mol. The van der Waals surface area contributed by atoms with E-state index < -0.39 is 0 Å². The zero-order valence-electron chi connectivity index (χ0n) is 7.58. The molecule has 0 unspecified atom stereocenters. The minimum absolute atomic E-state index is 1.14. The van der Waals surface area contributed by atoms with E-state index in [2.05, 4.69) is 42.9 Å². The van der Waals surface area contributed by atoms with Gasteiger partial charge < -0.3 is 0 Å².